The monoisotopic (exact) mass is 388 g/mol. The Morgan fingerprint density at radius 3 is 2.07 bits per heavy atom. The molecule has 0 saturated heterocycles. The van der Waals surface area contributed by atoms with Crippen molar-refractivity contribution in [2.75, 3.05) is 0 Å². The number of fused-ring (bicyclic) bond motifs is 2. The Morgan fingerprint density at radius 1 is 0.600 bits per heavy atom. The molecule has 0 radical (unpaired) electrons. The molecule has 0 heteroatoms. The minimum atomic E-state index is 1.14. The van der Waals surface area contributed by atoms with Crippen LogP contribution in [0.25, 0.3) is 34.1 Å². The van der Waals surface area contributed by atoms with Crippen LogP contribution in [-0.2, 0) is 0 Å². The molecular weight excluding hydrogens is 360 g/mol. The molecule has 0 spiro atoms. The number of hydrogen-bond acceptors (Lipinski definition) is 0. The van der Waals surface area contributed by atoms with E-state index in [0.717, 1.165) is 32.1 Å². The molecule has 0 bridgehead atoms. The van der Waals surface area contributed by atoms with E-state index in [1.165, 1.54) is 57.2 Å². The molecule has 0 saturated carbocycles. The van der Waals surface area contributed by atoms with E-state index in [9.17, 15) is 0 Å². The van der Waals surface area contributed by atoms with E-state index in [2.05, 4.69) is 72.9 Å². The van der Waals surface area contributed by atoms with Crippen LogP contribution in [0, 0.1) is 0 Å². The summed E-state index contributed by atoms with van der Waals surface area (Å²) in [5.74, 6) is 0. The van der Waals surface area contributed by atoms with Crippen LogP contribution >= 0.6 is 0 Å². The molecule has 0 unspecified atom stereocenters. The van der Waals surface area contributed by atoms with Crippen molar-refractivity contribution in [3.63, 3.8) is 0 Å². The Morgan fingerprint density at radius 2 is 1.33 bits per heavy atom. The minimum Gasteiger partial charge on any atom is -0.0842 e. The Labute approximate surface area is 179 Å². The van der Waals surface area contributed by atoms with E-state index in [1.54, 1.807) is 16.7 Å². The third kappa shape index (κ3) is 2.89. The van der Waals surface area contributed by atoms with Gasteiger partial charge in [0.25, 0.3) is 0 Å². The molecule has 0 nitrogen and oxygen atoms in total. The number of rotatable bonds is 2. The fourth-order valence-corrected chi connectivity index (χ4v) is 5.75. The third-order valence-corrected chi connectivity index (χ3v) is 7.14. The molecule has 0 heterocycles. The van der Waals surface area contributed by atoms with Crippen molar-refractivity contribution in [2.24, 2.45) is 0 Å². The van der Waals surface area contributed by atoms with E-state index >= 15 is 0 Å². The summed E-state index contributed by atoms with van der Waals surface area (Å²) in [5, 5.41) is 5.85. The van der Waals surface area contributed by atoms with Crippen LogP contribution in [0.2, 0.25) is 0 Å². The van der Waals surface area contributed by atoms with Gasteiger partial charge in [-0.1, -0.05) is 72.9 Å². The normalized spacial score (nSPS) is 20.1. The second kappa shape index (κ2) is 7.43. The van der Waals surface area contributed by atoms with Gasteiger partial charge in [-0.15, -0.1) is 0 Å². The second-order valence-corrected chi connectivity index (χ2v) is 8.93. The highest BCUT2D eigenvalue weighted by Gasteiger charge is 2.21. The van der Waals surface area contributed by atoms with Crippen LogP contribution in [0.3, 0.4) is 0 Å². The standard InChI is InChI=1S/C30H28/c1-2-11-22(12-3-1)29-25-14-6-8-16-27(25)30(28-17-9-7-15-26(28)29)24-19-18-21-10-4-5-13-23(21)20-24/h1-2,4,6,8,10-11,14-17,20H,3,5,7,9,12-13,18-19H2. The van der Waals surface area contributed by atoms with Gasteiger partial charge in [-0.2, -0.15) is 0 Å². The summed E-state index contributed by atoms with van der Waals surface area (Å²) in [7, 11) is 0. The third-order valence-electron chi connectivity index (χ3n) is 7.14. The first-order valence-electron chi connectivity index (χ1n) is 11.6. The smallest absolute Gasteiger partial charge is 0.00700 e. The highest BCUT2D eigenvalue weighted by atomic mass is 14.2. The van der Waals surface area contributed by atoms with E-state index in [1.807, 2.05) is 0 Å². The van der Waals surface area contributed by atoms with E-state index < -0.39 is 0 Å². The van der Waals surface area contributed by atoms with Gasteiger partial charge < -0.3 is 0 Å². The number of benzene rings is 2. The Balaban J connectivity index is 1.69. The fourth-order valence-electron chi connectivity index (χ4n) is 5.75. The summed E-state index contributed by atoms with van der Waals surface area (Å²) < 4.78 is 0. The van der Waals surface area contributed by atoms with Crippen molar-refractivity contribution >= 4 is 34.1 Å². The van der Waals surface area contributed by atoms with E-state index in [0.29, 0.717) is 0 Å². The molecule has 2 aromatic carbocycles. The van der Waals surface area contributed by atoms with Gasteiger partial charge in [0.1, 0.15) is 0 Å². The molecule has 6 rings (SSSR count). The second-order valence-electron chi connectivity index (χ2n) is 8.93. The fraction of sp³-hybridized carbons (Fsp3) is 0.267. The summed E-state index contributed by atoms with van der Waals surface area (Å²) in [5.41, 5.74) is 9.18. The SMILES string of the molecule is C1=CCCC(c2c3c(c(C4=CC5=C(C=CCC5)CC4)c4ccccc24)=CCCC=3)=C1. The molecular formula is C30H28. The lowest BCUT2D eigenvalue weighted by Gasteiger charge is -2.24. The maximum atomic E-state index is 2.54. The van der Waals surface area contributed by atoms with Gasteiger partial charge in [0.15, 0.2) is 0 Å². The zero-order valence-electron chi connectivity index (χ0n) is 17.6. The maximum absolute atomic E-state index is 2.54. The highest BCUT2D eigenvalue weighted by Crippen LogP contribution is 2.37. The molecule has 0 amide bonds. The average Bonchev–Trinajstić information content (AvgIpc) is 2.82. The van der Waals surface area contributed by atoms with Crippen molar-refractivity contribution in [1.29, 1.82) is 0 Å². The molecule has 30 heavy (non-hydrogen) atoms. The van der Waals surface area contributed by atoms with Crippen LogP contribution in [0.1, 0.15) is 62.5 Å². The quantitative estimate of drug-likeness (QED) is 0.534. The molecule has 0 aliphatic heterocycles. The Bertz CT molecular complexity index is 1320. The largest absolute Gasteiger partial charge is 0.0842 e. The van der Waals surface area contributed by atoms with Gasteiger partial charge in [-0.05, 0) is 106 Å². The highest BCUT2D eigenvalue weighted by molar-refractivity contribution is 6.02. The molecule has 4 aliphatic rings. The zero-order valence-corrected chi connectivity index (χ0v) is 17.6. The summed E-state index contributed by atoms with van der Waals surface area (Å²) in [6, 6.07) is 9.16. The van der Waals surface area contributed by atoms with Crippen LogP contribution in [-0.4, -0.2) is 0 Å². The van der Waals surface area contributed by atoms with E-state index in [4.69, 9.17) is 0 Å². The van der Waals surface area contributed by atoms with Crippen molar-refractivity contribution in [3.8, 4) is 0 Å². The van der Waals surface area contributed by atoms with E-state index in [-0.39, 0.29) is 0 Å². The molecule has 0 atom stereocenters. The van der Waals surface area contributed by atoms with Crippen LogP contribution in [0.5, 0.6) is 0 Å². The van der Waals surface area contributed by atoms with Crippen molar-refractivity contribution in [1.82, 2.24) is 0 Å². The molecule has 2 aromatic rings. The summed E-state index contributed by atoms with van der Waals surface area (Å²) in [6.45, 7) is 0. The number of allylic oxidation sites excluding steroid dienone is 10. The minimum absolute atomic E-state index is 1.14. The van der Waals surface area contributed by atoms with Crippen molar-refractivity contribution in [3.05, 3.63) is 93.4 Å². The zero-order chi connectivity index (χ0) is 19.9. The molecule has 0 N–H and O–H groups in total. The lowest BCUT2D eigenvalue weighted by atomic mass is 9.80. The van der Waals surface area contributed by atoms with Gasteiger partial charge in [-0.25, -0.2) is 0 Å². The van der Waals surface area contributed by atoms with Crippen molar-refractivity contribution in [2.45, 2.75) is 51.4 Å². The summed E-state index contributed by atoms with van der Waals surface area (Å²) in [6.07, 6.45) is 28.5. The van der Waals surface area contributed by atoms with Gasteiger partial charge in [-0.3, -0.25) is 0 Å². The van der Waals surface area contributed by atoms with Gasteiger partial charge in [0.05, 0.1) is 0 Å². The summed E-state index contributed by atoms with van der Waals surface area (Å²) in [4.78, 5) is 0. The average molecular weight is 389 g/mol. The van der Waals surface area contributed by atoms with Crippen LogP contribution < -0.4 is 10.4 Å². The first-order chi connectivity index (χ1) is 14.9. The lowest BCUT2D eigenvalue weighted by Crippen LogP contribution is -2.34. The van der Waals surface area contributed by atoms with Gasteiger partial charge in [0, 0.05) is 0 Å². The Hall–Kier alpha value is -2.86. The maximum Gasteiger partial charge on any atom is -0.00700 e. The topological polar surface area (TPSA) is 0 Å². The predicted octanol–water partition coefficient (Wildman–Crippen LogP) is 6.75. The molecule has 148 valence electrons. The Kier molecular flexibility index (Phi) is 4.45. The molecule has 4 aliphatic carbocycles. The first kappa shape index (κ1) is 18.0. The predicted molar refractivity (Wildman–Crippen MR) is 130 cm³/mol. The first-order valence-corrected chi connectivity index (χ1v) is 11.6. The van der Waals surface area contributed by atoms with Crippen molar-refractivity contribution < 1.29 is 0 Å². The molecule has 0 fully saturated rings. The van der Waals surface area contributed by atoms with Crippen LogP contribution in [0.15, 0.2) is 71.9 Å². The van der Waals surface area contributed by atoms with Gasteiger partial charge in [0.2, 0.25) is 0 Å². The summed E-state index contributed by atoms with van der Waals surface area (Å²) >= 11 is 0. The van der Waals surface area contributed by atoms with Gasteiger partial charge >= 0.3 is 0 Å². The molecule has 0 aromatic heterocycles. The lowest BCUT2D eigenvalue weighted by molar-refractivity contribution is 0.894. The van der Waals surface area contributed by atoms with Crippen LogP contribution in [0.4, 0.5) is 0 Å². The number of hydrogen-bond donors (Lipinski definition) is 0.